The second-order valence-corrected chi connectivity index (χ2v) is 10.7. The number of nitrogens with zero attached hydrogens (tertiary/aromatic N) is 2. The first-order valence-corrected chi connectivity index (χ1v) is 13.4. The quantitative estimate of drug-likeness (QED) is 0.260. The maximum Gasteiger partial charge on any atom is 0.293 e. The molecule has 0 spiro atoms. The van der Waals surface area contributed by atoms with Crippen molar-refractivity contribution in [2.45, 2.75) is 13.1 Å². The van der Waals surface area contributed by atoms with Gasteiger partial charge in [-0.1, -0.05) is 47.5 Å². The van der Waals surface area contributed by atoms with Gasteiger partial charge in [0.05, 0.1) is 21.5 Å². The summed E-state index contributed by atoms with van der Waals surface area (Å²) in [6, 6.07) is 17.8. The van der Waals surface area contributed by atoms with Crippen molar-refractivity contribution >= 4 is 74.7 Å². The average molecular weight is 580 g/mol. The molecule has 0 aliphatic carbocycles. The molecule has 1 aromatic heterocycles. The van der Waals surface area contributed by atoms with Crippen LogP contribution in [-0.2, 0) is 22.7 Å². The Morgan fingerprint density at radius 3 is 2.67 bits per heavy atom. The van der Waals surface area contributed by atoms with Crippen LogP contribution in [0.4, 0.5) is 10.5 Å². The zero-order valence-electron chi connectivity index (χ0n) is 20.1. The molecule has 4 aromatic rings. The number of anilines is 1. The van der Waals surface area contributed by atoms with Gasteiger partial charge in [-0.15, -0.1) is 0 Å². The van der Waals surface area contributed by atoms with Crippen LogP contribution in [0, 0.1) is 0 Å². The topological polar surface area (TPSA) is 89.9 Å². The minimum Gasteiger partial charge on any atom is -0.454 e. The van der Waals surface area contributed by atoms with Gasteiger partial charge in [-0.3, -0.25) is 19.3 Å². The van der Waals surface area contributed by atoms with Crippen LogP contribution in [0.2, 0.25) is 10.0 Å². The lowest BCUT2D eigenvalue weighted by Gasteiger charge is -2.12. The van der Waals surface area contributed by atoms with Crippen LogP contribution < -0.4 is 14.8 Å². The average Bonchev–Trinajstić information content (AvgIpc) is 3.59. The third-order valence-electron chi connectivity index (χ3n) is 6.27. The molecule has 3 aromatic carbocycles. The number of benzene rings is 3. The molecule has 1 fully saturated rings. The van der Waals surface area contributed by atoms with Gasteiger partial charge in [0.1, 0.15) is 6.54 Å². The van der Waals surface area contributed by atoms with E-state index in [9.17, 15) is 14.4 Å². The number of nitrogens with one attached hydrogen (secondary N) is 1. The van der Waals surface area contributed by atoms with Crippen LogP contribution in [0.5, 0.6) is 11.5 Å². The molecule has 2 aliphatic rings. The summed E-state index contributed by atoms with van der Waals surface area (Å²) in [7, 11) is 0. The van der Waals surface area contributed by atoms with Gasteiger partial charge in [-0.25, -0.2) is 0 Å². The van der Waals surface area contributed by atoms with E-state index in [1.807, 2.05) is 28.8 Å². The second-order valence-electron chi connectivity index (χ2n) is 8.86. The van der Waals surface area contributed by atoms with Gasteiger partial charge in [0.25, 0.3) is 11.1 Å². The number of imide groups is 1. The number of ether oxygens (including phenoxy) is 2. The van der Waals surface area contributed by atoms with Gasteiger partial charge in [-0.05, 0) is 53.7 Å². The van der Waals surface area contributed by atoms with Crippen molar-refractivity contribution in [1.82, 2.24) is 9.47 Å². The standard InChI is InChI=1S/C28H19Cl2N3O5S/c29-20-7-5-16(9-21(20)30)12-33-27(35)25(39-28(33)36)10-17-13-32(22-4-2-1-3-19(17)22)14-26(34)31-18-6-8-23-24(11-18)38-15-37-23/h1-11,13H,12,14-15H2,(H,31,34). The lowest BCUT2D eigenvalue weighted by molar-refractivity contribution is -0.123. The third-order valence-corrected chi connectivity index (χ3v) is 7.92. The van der Waals surface area contributed by atoms with Gasteiger partial charge in [-0.2, -0.15) is 0 Å². The first-order chi connectivity index (χ1) is 18.9. The lowest BCUT2D eigenvalue weighted by Crippen LogP contribution is -2.27. The summed E-state index contributed by atoms with van der Waals surface area (Å²) in [6.45, 7) is 0.280. The van der Waals surface area contributed by atoms with Crippen LogP contribution in [-0.4, -0.2) is 33.3 Å². The van der Waals surface area contributed by atoms with Gasteiger partial charge < -0.3 is 19.4 Å². The first-order valence-electron chi connectivity index (χ1n) is 11.8. The SMILES string of the molecule is O=C(Cn1cc(C=C2SC(=O)N(Cc3ccc(Cl)c(Cl)c3)C2=O)c2ccccc21)Nc1ccc2c(c1)OCO2. The molecule has 2 aliphatic heterocycles. The molecule has 196 valence electrons. The highest BCUT2D eigenvalue weighted by Gasteiger charge is 2.35. The number of rotatable bonds is 6. The Bertz CT molecular complexity index is 1700. The molecule has 11 heteroatoms. The molecule has 3 heterocycles. The van der Waals surface area contributed by atoms with Crippen LogP contribution in [0.25, 0.3) is 17.0 Å². The number of halogens is 2. The number of hydrogen-bond donors (Lipinski definition) is 1. The molecular formula is C28H19Cl2N3O5S. The van der Waals surface area contributed by atoms with Crippen molar-refractivity contribution in [3.63, 3.8) is 0 Å². The molecular weight excluding hydrogens is 561 g/mol. The van der Waals surface area contributed by atoms with Crippen LogP contribution >= 0.6 is 35.0 Å². The van der Waals surface area contributed by atoms with E-state index >= 15 is 0 Å². The molecule has 0 atom stereocenters. The minimum absolute atomic E-state index is 0.0433. The van der Waals surface area contributed by atoms with E-state index in [1.165, 1.54) is 4.90 Å². The van der Waals surface area contributed by atoms with Gasteiger partial charge in [0, 0.05) is 34.4 Å². The molecule has 6 rings (SSSR count). The van der Waals surface area contributed by atoms with Crippen molar-refractivity contribution in [2.24, 2.45) is 0 Å². The van der Waals surface area contributed by atoms with Crippen LogP contribution in [0.3, 0.4) is 0 Å². The number of amides is 3. The molecule has 39 heavy (non-hydrogen) atoms. The zero-order chi connectivity index (χ0) is 27.1. The highest BCUT2D eigenvalue weighted by molar-refractivity contribution is 8.18. The summed E-state index contributed by atoms with van der Waals surface area (Å²) < 4.78 is 12.5. The van der Waals surface area contributed by atoms with Crippen molar-refractivity contribution in [2.75, 3.05) is 12.1 Å². The van der Waals surface area contributed by atoms with E-state index in [0.29, 0.717) is 37.7 Å². The fourth-order valence-electron chi connectivity index (χ4n) is 4.45. The van der Waals surface area contributed by atoms with E-state index in [1.54, 1.807) is 48.7 Å². The van der Waals surface area contributed by atoms with Crippen molar-refractivity contribution in [3.8, 4) is 11.5 Å². The Labute approximate surface area is 237 Å². The fourth-order valence-corrected chi connectivity index (χ4v) is 5.60. The number of carbonyl (C=O) groups is 3. The second kappa shape index (κ2) is 10.3. The molecule has 0 unspecified atom stereocenters. The smallest absolute Gasteiger partial charge is 0.293 e. The number of aromatic nitrogens is 1. The number of fused-ring (bicyclic) bond motifs is 2. The van der Waals surface area contributed by atoms with E-state index in [4.69, 9.17) is 32.7 Å². The molecule has 1 saturated heterocycles. The Morgan fingerprint density at radius 2 is 1.82 bits per heavy atom. The fraction of sp³-hybridized carbons (Fsp3) is 0.107. The van der Waals surface area contributed by atoms with E-state index < -0.39 is 5.91 Å². The van der Waals surface area contributed by atoms with Gasteiger partial charge in [0.15, 0.2) is 11.5 Å². The van der Waals surface area contributed by atoms with Gasteiger partial charge >= 0.3 is 0 Å². The molecule has 1 N–H and O–H groups in total. The van der Waals surface area contributed by atoms with Crippen molar-refractivity contribution in [3.05, 3.63) is 92.9 Å². The summed E-state index contributed by atoms with van der Waals surface area (Å²) >= 11 is 12.9. The van der Waals surface area contributed by atoms with Gasteiger partial charge in [0.2, 0.25) is 12.7 Å². The molecule has 0 bridgehead atoms. The molecule has 0 radical (unpaired) electrons. The Kier molecular flexibility index (Phi) is 6.72. The number of hydrogen-bond acceptors (Lipinski definition) is 6. The summed E-state index contributed by atoms with van der Waals surface area (Å²) in [5, 5.41) is 4.11. The monoisotopic (exact) mass is 579 g/mol. The Hall–Kier alpha value is -3.92. The first kappa shape index (κ1) is 25.4. The Morgan fingerprint density at radius 1 is 1.00 bits per heavy atom. The lowest BCUT2D eigenvalue weighted by atomic mass is 10.1. The number of para-hydroxylation sites is 1. The zero-order valence-corrected chi connectivity index (χ0v) is 22.5. The van der Waals surface area contributed by atoms with Crippen LogP contribution in [0.15, 0.2) is 71.8 Å². The predicted molar refractivity (Wildman–Crippen MR) is 151 cm³/mol. The summed E-state index contributed by atoms with van der Waals surface area (Å²) in [5.41, 5.74) is 2.83. The number of thioether (sulfide) groups is 1. The Balaban J connectivity index is 1.23. The molecule has 8 nitrogen and oxygen atoms in total. The molecule has 0 saturated carbocycles. The highest BCUT2D eigenvalue weighted by Crippen LogP contribution is 2.36. The summed E-state index contributed by atoms with van der Waals surface area (Å²) in [6.07, 6.45) is 3.49. The van der Waals surface area contributed by atoms with E-state index in [0.717, 1.165) is 28.2 Å². The van der Waals surface area contributed by atoms with Crippen LogP contribution in [0.1, 0.15) is 11.1 Å². The molecule has 3 amide bonds. The number of carbonyl (C=O) groups excluding carboxylic acids is 3. The predicted octanol–water partition coefficient (Wildman–Crippen LogP) is 6.55. The van der Waals surface area contributed by atoms with E-state index in [-0.39, 0.29) is 31.0 Å². The maximum absolute atomic E-state index is 13.1. The summed E-state index contributed by atoms with van der Waals surface area (Å²) in [5.74, 6) is 0.585. The van der Waals surface area contributed by atoms with Crippen molar-refractivity contribution in [1.29, 1.82) is 0 Å². The normalized spacial score (nSPS) is 15.5. The van der Waals surface area contributed by atoms with E-state index in [2.05, 4.69) is 5.32 Å². The third kappa shape index (κ3) is 5.08. The minimum atomic E-state index is -0.395. The maximum atomic E-state index is 13.1. The largest absolute Gasteiger partial charge is 0.454 e. The summed E-state index contributed by atoms with van der Waals surface area (Å²) in [4.78, 5) is 40.2. The van der Waals surface area contributed by atoms with Crippen molar-refractivity contribution < 1.29 is 23.9 Å². The highest BCUT2D eigenvalue weighted by atomic mass is 35.5.